The van der Waals surface area contributed by atoms with Crippen molar-refractivity contribution in [1.82, 2.24) is 14.3 Å². The van der Waals surface area contributed by atoms with E-state index in [1.165, 1.54) is 11.3 Å². The number of hydrogen-bond acceptors (Lipinski definition) is 7. The van der Waals surface area contributed by atoms with Crippen LogP contribution in [0.5, 0.6) is 0 Å². The molecular formula is C38H30N4O3S2. The van der Waals surface area contributed by atoms with Crippen LogP contribution in [0.15, 0.2) is 147 Å². The number of esters is 1. The summed E-state index contributed by atoms with van der Waals surface area (Å²) in [6, 6.07) is 36.6. The van der Waals surface area contributed by atoms with Gasteiger partial charge in [-0.05, 0) is 54.6 Å². The summed E-state index contributed by atoms with van der Waals surface area (Å²) in [6.07, 6.45) is 5.82. The highest BCUT2D eigenvalue weighted by Gasteiger charge is 2.33. The van der Waals surface area contributed by atoms with Gasteiger partial charge in [-0.15, -0.1) is 11.8 Å². The summed E-state index contributed by atoms with van der Waals surface area (Å²) in [6.45, 7) is 1.92. The molecule has 1 aliphatic rings. The Morgan fingerprint density at radius 1 is 0.915 bits per heavy atom. The van der Waals surface area contributed by atoms with Gasteiger partial charge in [-0.25, -0.2) is 14.5 Å². The monoisotopic (exact) mass is 654 g/mol. The smallest absolute Gasteiger partial charge is 0.338 e. The summed E-state index contributed by atoms with van der Waals surface area (Å²) in [5.41, 5.74) is 5.72. The zero-order valence-corrected chi connectivity index (χ0v) is 27.4. The largest absolute Gasteiger partial charge is 0.457 e. The van der Waals surface area contributed by atoms with Gasteiger partial charge in [0.05, 0.1) is 33.2 Å². The lowest BCUT2D eigenvalue weighted by Crippen LogP contribution is -2.39. The maximum atomic E-state index is 14.4. The normalized spacial score (nSPS) is 14.5. The Labute approximate surface area is 279 Å². The first-order valence-electron chi connectivity index (χ1n) is 15.1. The lowest BCUT2D eigenvalue weighted by atomic mass is 9.96. The van der Waals surface area contributed by atoms with Gasteiger partial charge in [0.1, 0.15) is 6.61 Å². The highest BCUT2D eigenvalue weighted by atomic mass is 32.2. The van der Waals surface area contributed by atoms with Gasteiger partial charge in [0.2, 0.25) is 0 Å². The van der Waals surface area contributed by atoms with Gasteiger partial charge in [0, 0.05) is 22.2 Å². The first-order valence-corrected chi connectivity index (χ1v) is 17.1. The van der Waals surface area contributed by atoms with E-state index in [-0.39, 0.29) is 12.2 Å². The molecule has 7 nitrogen and oxygen atoms in total. The zero-order valence-electron chi connectivity index (χ0n) is 25.7. The molecule has 0 bridgehead atoms. The van der Waals surface area contributed by atoms with E-state index in [9.17, 15) is 9.59 Å². The quantitative estimate of drug-likeness (QED) is 0.137. The van der Waals surface area contributed by atoms with E-state index in [1.54, 1.807) is 23.3 Å². The van der Waals surface area contributed by atoms with Crippen molar-refractivity contribution in [1.29, 1.82) is 0 Å². The van der Waals surface area contributed by atoms with Crippen LogP contribution in [0.4, 0.5) is 0 Å². The van der Waals surface area contributed by atoms with Gasteiger partial charge < -0.3 is 4.74 Å². The molecule has 232 valence electrons. The SMILES string of the molecule is CSc1ccc(C2C(C(=O)OCc3ccccc3)=C(C)N=c3sc(=Cc4cn(-c5ccccc5)nc4-c4ccccc4)c(=O)n32)cc1. The van der Waals surface area contributed by atoms with Crippen molar-refractivity contribution in [2.45, 2.75) is 24.5 Å². The van der Waals surface area contributed by atoms with E-state index in [4.69, 9.17) is 14.8 Å². The summed E-state index contributed by atoms with van der Waals surface area (Å²) in [5.74, 6) is -0.501. The summed E-state index contributed by atoms with van der Waals surface area (Å²) in [5, 5.41) is 4.92. The Morgan fingerprint density at radius 2 is 1.57 bits per heavy atom. The number of thiazole rings is 1. The topological polar surface area (TPSA) is 78.5 Å². The van der Waals surface area contributed by atoms with Crippen molar-refractivity contribution >= 4 is 35.1 Å². The van der Waals surface area contributed by atoms with Gasteiger partial charge in [-0.3, -0.25) is 9.36 Å². The molecule has 2 aromatic heterocycles. The Kier molecular flexibility index (Phi) is 8.56. The summed E-state index contributed by atoms with van der Waals surface area (Å²) < 4.78 is 9.75. The Balaban J connectivity index is 1.36. The van der Waals surface area contributed by atoms with Crippen molar-refractivity contribution in [3.05, 3.63) is 169 Å². The third-order valence-electron chi connectivity index (χ3n) is 7.98. The van der Waals surface area contributed by atoms with Crippen LogP contribution in [-0.2, 0) is 16.1 Å². The van der Waals surface area contributed by atoms with Crippen LogP contribution in [0.1, 0.15) is 29.7 Å². The van der Waals surface area contributed by atoms with Gasteiger partial charge >= 0.3 is 5.97 Å². The van der Waals surface area contributed by atoms with E-state index in [0.29, 0.717) is 20.6 Å². The molecule has 0 aliphatic carbocycles. The highest BCUT2D eigenvalue weighted by Crippen LogP contribution is 2.32. The van der Waals surface area contributed by atoms with Gasteiger partial charge in [0.15, 0.2) is 4.80 Å². The summed E-state index contributed by atoms with van der Waals surface area (Å²) in [7, 11) is 0. The molecule has 0 saturated heterocycles. The summed E-state index contributed by atoms with van der Waals surface area (Å²) >= 11 is 2.93. The van der Waals surface area contributed by atoms with Crippen molar-refractivity contribution in [3.8, 4) is 16.9 Å². The second-order valence-electron chi connectivity index (χ2n) is 11.0. The maximum Gasteiger partial charge on any atom is 0.338 e. The van der Waals surface area contributed by atoms with E-state index in [1.807, 2.05) is 138 Å². The minimum absolute atomic E-state index is 0.118. The molecule has 1 unspecified atom stereocenters. The number of carbonyl (C=O) groups is 1. The van der Waals surface area contributed by atoms with Crippen LogP contribution < -0.4 is 14.9 Å². The van der Waals surface area contributed by atoms with Crippen LogP contribution in [0.25, 0.3) is 23.0 Å². The van der Waals surface area contributed by atoms with E-state index in [2.05, 4.69) is 0 Å². The Bertz CT molecular complexity index is 2270. The second-order valence-corrected chi connectivity index (χ2v) is 12.9. The fraction of sp³-hybridized carbons (Fsp3) is 0.105. The molecule has 0 N–H and O–H groups in total. The lowest BCUT2D eigenvalue weighted by Gasteiger charge is -2.25. The number of carbonyl (C=O) groups excluding carboxylic acids is 1. The molecule has 0 spiro atoms. The van der Waals surface area contributed by atoms with Crippen LogP contribution in [-0.4, -0.2) is 26.6 Å². The number of nitrogens with zero attached hydrogens (tertiary/aromatic N) is 4. The molecule has 0 saturated carbocycles. The Morgan fingerprint density at radius 3 is 2.26 bits per heavy atom. The van der Waals surface area contributed by atoms with Gasteiger partial charge in [-0.2, -0.15) is 5.10 Å². The molecule has 0 amide bonds. The van der Waals surface area contributed by atoms with Gasteiger partial charge in [0.25, 0.3) is 5.56 Å². The molecule has 9 heteroatoms. The van der Waals surface area contributed by atoms with Crippen molar-refractivity contribution in [2.75, 3.05) is 6.26 Å². The molecular weight excluding hydrogens is 625 g/mol. The van der Waals surface area contributed by atoms with Crippen molar-refractivity contribution in [3.63, 3.8) is 0 Å². The molecule has 7 rings (SSSR count). The number of benzene rings is 4. The number of hydrogen-bond donors (Lipinski definition) is 0. The van der Waals surface area contributed by atoms with Crippen molar-refractivity contribution in [2.24, 2.45) is 4.99 Å². The summed E-state index contributed by atoms with van der Waals surface area (Å²) in [4.78, 5) is 34.5. The molecule has 0 radical (unpaired) electrons. The minimum Gasteiger partial charge on any atom is -0.457 e. The van der Waals surface area contributed by atoms with E-state index in [0.717, 1.165) is 38.5 Å². The van der Waals surface area contributed by atoms with Crippen molar-refractivity contribution < 1.29 is 9.53 Å². The molecule has 0 fully saturated rings. The zero-order chi connectivity index (χ0) is 32.3. The average molecular weight is 655 g/mol. The number of rotatable bonds is 8. The van der Waals surface area contributed by atoms with Crippen LogP contribution >= 0.6 is 23.1 Å². The third-order valence-corrected chi connectivity index (χ3v) is 9.71. The minimum atomic E-state index is -0.701. The molecule has 1 atom stereocenters. The predicted molar refractivity (Wildman–Crippen MR) is 187 cm³/mol. The van der Waals surface area contributed by atoms with Gasteiger partial charge in [-0.1, -0.05) is 102 Å². The fourth-order valence-corrected chi connectivity index (χ4v) is 7.10. The molecule has 47 heavy (non-hydrogen) atoms. The number of allylic oxidation sites excluding steroid dienone is 1. The number of fused-ring (bicyclic) bond motifs is 1. The van der Waals surface area contributed by atoms with Crippen LogP contribution in [0, 0.1) is 0 Å². The Hall–Kier alpha value is -5.25. The average Bonchev–Trinajstić information content (AvgIpc) is 3.68. The van der Waals surface area contributed by atoms with E-state index >= 15 is 0 Å². The fourth-order valence-electron chi connectivity index (χ4n) is 5.65. The third kappa shape index (κ3) is 6.15. The number of aromatic nitrogens is 3. The standard InChI is InChI=1S/C38H30N4O3S2/c1-25-33(37(44)45-24-26-12-6-3-7-13-26)35(28-18-20-31(46-2)21-19-28)42-36(43)32(47-38(42)39-25)22-29-23-41(30-16-10-5-11-17-30)40-34(29)27-14-8-4-9-15-27/h3-23,35H,24H2,1-2H3. The second kappa shape index (κ2) is 13.2. The maximum absolute atomic E-state index is 14.4. The first kappa shape index (κ1) is 30.4. The molecule has 3 heterocycles. The molecule has 6 aromatic rings. The van der Waals surface area contributed by atoms with Crippen LogP contribution in [0.2, 0.25) is 0 Å². The number of ether oxygens (including phenoxy) is 1. The highest BCUT2D eigenvalue weighted by molar-refractivity contribution is 7.98. The number of thioether (sulfide) groups is 1. The molecule has 4 aromatic carbocycles. The number of para-hydroxylation sites is 1. The predicted octanol–water partition coefficient (Wildman–Crippen LogP) is 6.55. The first-order chi connectivity index (χ1) is 23.0. The molecule has 1 aliphatic heterocycles. The van der Waals surface area contributed by atoms with Crippen LogP contribution in [0.3, 0.4) is 0 Å². The lowest BCUT2D eigenvalue weighted by molar-refractivity contribution is -0.140. The van der Waals surface area contributed by atoms with E-state index < -0.39 is 12.0 Å².